The lowest BCUT2D eigenvalue weighted by atomic mass is 9.98. The van der Waals surface area contributed by atoms with E-state index in [1.807, 2.05) is 26.0 Å². The van der Waals surface area contributed by atoms with Crippen molar-refractivity contribution >= 4 is 27.5 Å². The first-order valence-electron chi connectivity index (χ1n) is 5.22. The first-order valence-corrected chi connectivity index (χ1v) is 6.39. The van der Waals surface area contributed by atoms with E-state index in [9.17, 15) is 4.39 Å². The van der Waals surface area contributed by atoms with E-state index in [4.69, 9.17) is 11.6 Å². The van der Waals surface area contributed by atoms with Gasteiger partial charge in [0.1, 0.15) is 5.82 Å². The van der Waals surface area contributed by atoms with Crippen molar-refractivity contribution < 1.29 is 4.39 Å². The molecule has 0 saturated carbocycles. The zero-order valence-corrected chi connectivity index (χ0v) is 11.9. The third-order valence-corrected chi connectivity index (χ3v) is 3.58. The maximum Gasteiger partial charge on any atom is 0.132 e. The molecule has 0 aliphatic heterocycles. The van der Waals surface area contributed by atoms with Gasteiger partial charge >= 0.3 is 0 Å². The zero-order valence-electron chi connectivity index (χ0n) is 9.52. The van der Waals surface area contributed by atoms with Gasteiger partial charge in [-0.25, -0.2) is 4.39 Å². The van der Waals surface area contributed by atoms with Crippen LogP contribution in [-0.4, -0.2) is 0 Å². The van der Waals surface area contributed by atoms with Crippen LogP contribution < -0.4 is 0 Å². The van der Waals surface area contributed by atoms with Gasteiger partial charge in [0.05, 0.1) is 5.02 Å². The van der Waals surface area contributed by atoms with Crippen LogP contribution in [0.4, 0.5) is 4.39 Å². The Morgan fingerprint density at radius 3 is 2.41 bits per heavy atom. The number of hydrogen-bond acceptors (Lipinski definition) is 0. The lowest BCUT2D eigenvalue weighted by Crippen LogP contribution is -1.91. The van der Waals surface area contributed by atoms with Gasteiger partial charge in [-0.2, -0.15) is 0 Å². The number of halogens is 3. The Morgan fingerprint density at radius 2 is 1.82 bits per heavy atom. The summed E-state index contributed by atoms with van der Waals surface area (Å²) in [7, 11) is 0. The Labute approximate surface area is 114 Å². The van der Waals surface area contributed by atoms with Crippen LogP contribution in [0.3, 0.4) is 0 Å². The van der Waals surface area contributed by atoms with Crippen molar-refractivity contribution in [1.82, 2.24) is 0 Å². The third kappa shape index (κ3) is 2.38. The molecule has 0 spiro atoms. The van der Waals surface area contributed by atoms with Crippen LogP contribution in [0.25, 0.3) is 11.1 Å². The van der Waals surface area contributed by atoms with Gasteiger partial charge in [-0.15, -0.1) is 0 Å². The Kier molecular flexibility index (Phi) is 3.55. The molecule has 0 fully saturated rings. The molecule has 0 bridgehead atoms. The van der Waals surface area contributed by atoms with Crippen LogP contribution in [0.1, 0.15) is 11.1 Å². The predicted octanol–water partition coefficient (Wildman–Crippen LogP) is 5.53. The summed E-state index contributed by atoms with van der Waals surface area (Å²) < 4.78 is 14.8. The molecule has 0 saturated heterocycles. The van der Waals surface area contributed by atoms with Crippen LogP contribution >= 0.6 is 27.5 Å². The van der Waals surface area contributed by atoms with Crippen molar-refractivity contribution in [2.24, 2.45) is 0 Å². The van der Waals surface area contributed by atoms with Gasteiger partial charge in [-0.1, -0.05) is 39.7 Å². The van der Waals surface area contributed by atoms with Gasteiger partial charge < -0.3 is 0 Å². The summed E-state index contributed by atoms with van der Waals surface area (Å²) >= 11 is 9.56. The smallest absolute Gasteiger partial charge is 0.132 e. The van der Waals surface area contributed by atoms with Crippen LogP contribution in [0, 0.1) is 19.7 Å². The fraction of sp³-hybridized carbons (Fsp3) is 0.143. The molecule has 0 aliphatic rings. The zero-order chi connectivity index (χ0) is 12.6. The minimum Gasteiger partial charge on any atom is -0.206 e. The van der Waals surface area contributed by atoms with Crippen molar-refractivity contribution in [2.75, 3.05) is 0 Å². The Bertz CT molecular complexity index is 535. The standard InChI is InChI=1S/C14H11BrClF/c1-8-6-9(2)13(10(15)7-8)14-11(16)4-3-5-12(14)17/h3-7H,1-2H3. The summed E-state index contributed by atoms with van der Waals surface area (Å²) in [5.74, 6) is -0.301. The van der Waals surface area contributed by atoms with E-state index in [1.54, 1.807) is 12.1 Å². The lowest BCUT2D eigenvalue weighted by molar-refractivity contribution is 0.631. The summed E-state index contributed by atoms with van der Waals surface area (Å²) in [6, 6.07) is 8.71. The number of aryl methyl sites for hydroxylation is 2. The maximum atomic E-state index is 13.9. The summed E-state index contributed by atoms with van der Waals surface area (Å²) in [5.41, 5.74) is 3.41. The average molecular weight is 314 g/mol. The van der Waals surface area contributed by atoms with Crippen LogP contribution in [0.2, 0.25) is 5.02 Å². The molecular formula is C14H11BrClF. The second-order valence-corrected chi connectivity index (χ2v) is 5.30. The normalized spacial score (nSPS) is 10.6. The molecule has 0 radical (unpaired) electrons. The summed E-state index contributed by atoms with van der Waals surface area (Å²) in [4.78, 5) is 0. The molecular weight excluding hydrogens is 303 g/mol. The van der Waals surface area contributed by atoms with Crippen LogP contribution in [0.15, 0.2) is 34.8 Å². The molecule has 0 aliphatic carbocycles. The van der Waals surface area contributed by atoms with Crippen LogP contribution in [0.5, 0.6) is 0 Å². The predicted molar refractivity (Wildman–Crippen MR) is 74.0 cm³/mol. The SMILES string of the molecule is Cc1cc(C)c(-c2c(F)cccc2Cl)c(Br)c1. The Balaban J connectivity index is 2.77. The Morgan fingerprint density at radius 1 is 1.12 bits per heavy atom. The summed E-state index contributed by atoms with van der Waals surface area (Å²) in [5, 5.41) is 0.428. The monoisotopic (exact) mass is 312 g/mol. The van der Waals surface area contributed by atoms with E-state index in [2.05, 4.69) is 15.9 Å². The van der Waals surface area contributed by atoms with Crippen molar-refractivity contribution in [3.05, 3.63) is 56.8 Å². The first kappa shape index (κ1) is 12.6. The molecule has 0 amide bonds. The molecule has 0 N–H and O–H groups in total. The van der Waals surface area contributed by atoms with E-state index in [-0.39, 0.29) is 5.82 Å². The molecule has 17 heavy (non-hydrogen) atoms. The van der Waals surface area contributed by atoms with E-state index in [0.717, 1.165) is 21.2 Å². The fourth-order valence-corrected chi connectivity index (χ4v) is 3.10. The highest BCUT2D eigenvalue weighted by atomic mass is 79.9. The molecule has 0 heterocycles. The van der Waals surface area contributed by atoms with E-state index in [0.29, 0.717) is 10.6 Å². The maximum absolute atomic E-state index is 13.9. The lowest BCUT2D eigenvalue weighted by Gasteiger charge is -2.12. The fourth-order valence-electron chi connectivity index (χ4n) is 1.97. The molecule has 0 aromatic heterocycles. The summed E-state index contributed by atoms with van der Waals surface area (Å²) in [6.45, 7) is 3.96. The molecule has 0 nitrogen and oxygen atoms in total. The number of benzene rings is 2. The van der Waals surface area contributed by atoms with Crippen molar-refractivity contribution in [1.29, 1.82) is 0 Å². The molecule has 3 heteroatoms. The average Bonchev–Trinajstić information content (AvgIpc) is 2.21. The second kappa shape index (κ2) is 4.79. The highest BCUT2D eigenvalue weighted by Crippen LogP contribution is 2.38. The van der Waals surface area contributed by atoms with E-state index >= 15 is 0 Å². The van der Waals surface area contributed by atoms with Crippen LogP contribution in [-0.2, 0) is 0 Å². The molecule has 0 unspecified atom stereocenters. The van der Waals surface area contributed by atoms with Gasteiger partial charge in [-0.05, 0) is 43.2 Å². The molecule has 88 valence electrons. The number of rotatable bonds is 1. The minimum atomic E-state index is -0.301. The van der Waals surface area contributed by atoms with E-state index in [1.165, 1.54) is 6.07 Å². The third-order valence-electron chi connectivity index (χ3n) is 2.64. The number of hydrogen-bond donors (Lipinski definition) is 0. The van der Waals surface area contributed by atoms with Crippen molar-refractivity contribution in [2.45, 2.75) is 13.8 Å². The molecule has 2 rings (SSSR count). The van der Waals surface area contributed by atoms with Gasteiger partial charge in [0.2, 0.25) is 0 Å². The van der Waals surface area contributed by atoms with Gasteiger partial charge in [0.15, 0.2) is 0 Å². The molecule has 0 atom stereocenters. The first-order chi connectivity index (χ1) is 8.00. The summed E-state index contributed by atoms with van der Waals surface area (Å²) in [6.07, 6.45) is 0. The largest absolute Gasteiger partial charge is 0.206 e. The van der Waals surface area contributed by atoms with Gasteiger partial charge in [0, 0.05) is 15.6 Å². The molecule has 2 aromatic rings. The highest BCUT2D eigenvalue weighted by molar-refractivity contribution is 9.10. The minimum absolute atomic E-state index is 0.301. The topological polar surface area (TPSA) is 0 Å². The van der Waals surface area contributed by atoms with Crippen molar-refractivity contribution in [3.8, 4) is 11.1 Å². The van der Waals surface area contributed by atoms with Crippen molar-refractivity contribution in [3.63, 3.8) is 0 Å². The Hall–Kier alpha value is -0.860. The van der Waals surface area contributed by atoms with Gasteiger partial charge in [0.25, 0.3) is 0 Å². The highest BCUT2D eigenvalue weighted by Gasteiger charge is 2.15. The van der Waals surface area contributed by atoms with E-state index < -0.39 is 0 Å². The molecule has 2 aromatic carbocycles. The van der Waals surface area contributed by atoms with Gasteiger partial charge in [-0.3, -0.25) is 0 Å². The quantitative estimate of drug-likeness (QED) is 0.650. The second-order valence-electron chi connectivity index (χ2n) is 4.04.